The molecule has 1 unspecified atom stereocenters. The second kappa shape index (κ2) is 13.1. The molecule has 0 bridgehead atoms. The summed E-state index contributed by atoms with van der Waals surface area (Å²) >= 11 is 0. The van der Waals surface area contributed by atoms with E-state index in [0.717, 1.165) is 35.5 Å². The maximum atomic E-state index is 14.6. The van der Waals surface area contributed by atoms with Gasteiger partial charge in [-0.15, -0.1) is 0 Å². The van der Waals surface area contributed by atoms with E-state index in [9.17, 15) is 14.0 Å². The summed E-state index contributed by atoms with van der Waals surface area (Å²) in [6, 6.07) is 21.2. The number of carbonyl (C=O) groups excluding carboxylic acids is 2. The highest BCUT2D eigenvalue weighted by atomic mass is 19.1. The Hall–Kier alpha value is -4.08. The molecule has 2 aliphatic rings. The number of ether oxygens (including phenoxy) is 2. The van der Waals surface area contributed by atoms with Crippen LogP contribution in [0.4, 0.5) is 4.39 Å². The molecule has 0 saturated carbocycles. The van der Waals surface area contributed by atoms with E-state index in [0.29, 0.717) is 31.9 Å². The Balaban J connectivity index is 1.43. The SMILES string of the molecule is COc1cccc(C2=NN(C(=O)CN(CCN3CCOCC3)C(=O)c3ccccc3F)C(c3ccc(C)cc3)C2)c1. The molecule has 8 nitrogen and oxygen atoms in total. The monoisotopic (exact) mass is 558 g/mol. The van der Waals surface area contributed by atoms with Crippen molar-refractivity contribution in [3.05, 3.63) is 101 Å². The van der Waals surface area contributed by atoms with Crippen LogP contribution in [-0.4, -0.2) is 85.4 Å². The van der Waals surface area contributed by atoms with E-state index in [-0.39, 0.29) is 30.6 Å². The number of aryl methyl sites for hydroxylation is 1. The number of rotatable bonds is 9. The van der Waals surface area contributed by atoms with Crippen LogP contribution >= 0.6 is 0 Å². The molecule has 0 spiro atoms. The molecule has 9 heteroatoms. The van der Waals surface area contributed by atoms with Crippen molar-refractivity contribution in [2.75, 3.05) is 53.0 Å². The molecule has 0 aromatic heterocycles. The lowest BCUT2D eigenvalue weighted by Crippen LogP contribution is -2.46. The Morgan fingerprint density at radius 3 is 2.54 bits per heavy atom. The van der Waals surface area contributed by atoms with Crippen LogP contribution in [0.3, 0.4) is 0 Å². The third-order valence-corrected chi connectivity index (χ3v) is 7.54. The molecule has 2 amide bonds. The van der Waals surface area contributed by atoms with Gasteiger partial charge < -0.3 is 14.4 Å². The molecule has 3 aromatic rings. The van der Waals surface area contributed by atoms with Crippen molar-refractivity contribution in [3.8, 4) is 5.75 Å². The number of carbonyl (C=O) groups is 2. The van der Waals surface area contributed by atoms with Crippen LogP contribution in [0.25, 0.3) is 0 Å². The van der Waals surface area contributed by atoms with E-state index in [1.165, 1.54) is 22.0 Å². The molecule has 214 valence electrons. The molecule has 2 aliphatic heterocycles. The number of morpholine rings is 1. The highest BCUT2D eigenvalue weighted by Gasteiger charge is 2.35. The molecular formula is C32H35FN4O4. The second-order valence-corrected chi connectivity index (χ2v) is 10.3. The molecule has 3 aromatic carbocycles. The zero-order valence-electron chi connectivity index (χ0n) is 23.5. The van der Waals surface area contributed by atoms with Crippen LogP contribution in [0.2, 0.25) is 0 Å². The summed E-state index contributed by atoms with van der Waals surface area (Å²) in [5.74, 6) is -0.766. The van der Waals surface area contributed by atoms with Gasteiger partial charge in [0, 0.05) is 38.2 Å². The Morgan fingerprint density at radius 2 is 1.80 bits per heavy atom. The van der Waals surface area contributed by atoms with Gasteiger partial charge >= 0.3 is 0 Å². The number of amides is 2. The first kappa shape index (κ1) is 28.4. The zero-order chi connectivity index (χ0) is 28.8. The summed E-state index contributed by atoms with van der Waals surface area (Å²) in [4.78, 5) is 31.1. The molecule has 41 heavy (non-hydrogen) atoms. The lowest BCUT2D eigenvalue weighted by Gasteiger charge is -2.31. The van der Waals surface area contributed by atoms with Crippen LogP contribution in [-0.2, 0) is 9.53 Å². The van der Waals surface area contributed by atoms with Crippen LogP contribution < -0.4 is 4.74 Å². The van der Waals surface area contributed by atoms with Crippen molar-refractivity contribution in [2.45, 2.75) is 19.4 Å². The summed E-state index contributed by atoms with van der Waals surface area (Å²) < 4.78 is 25.5. The summed E-state index contributed by atoms with van der Waals surface area (Å²) in [5.41, 5.74) is 3.63. The van der Waals surface area contributed by atoms with Gasteiger partial charge in [-0.1, -0.05) is 54.1 Å². The summed E-state index contributed by atoms with van der Waals surface area (Å²) in [7, 11) is 1.61. The van der Waals surface area contributed by atoms with E-state index in [4.69, 9.17) is 14.6 Å². The van der Waals surface area contributed by atoms with Crippen LogP contribution in [0.1, 0.15) is 39.5 Å². The fourth-order valence-electron chi connectivity index (χ4n) is 5.15. The number of hydrogen-bond donors (Lipinski definition) is 0. The van der Waals surface area contributed by atoms with Crippen LogP contribution in [0.15, 0.2) is 77.9 Å². The van der Waals surface area contributed by atoms with Gasteiger partial charge in [0.25, 0.3) is 11.8 Å². The third kappa shape index (κ3) is 6.81. The highest BCUT2D eigenvalue weighted by Crippen LogP contribution is 2.34. The maximum Gasteiger partial charge on any atom is 0.262 e. The first-order chi connectivity index (χ1) is 19.9. The Morgan fingerprint density at radius 1 is 1.05 bits per heavy atom. The largest absolute Gasteiger partial charge is 0.497 e. The predicted octanol–water partition coefficient (Wildman–Crippen LogP) is 4.30. The summed E-state index contributed by atoms with van der Waals surface area (Å²) in [5, 5.41) is 6.25. The summed E-state index contributed by atoms with van der Waals surface area (Å²) in [6.07, 6.45) is 0.511. The Labute approximate surface area is 240 Å². The van der Waals surface area contributed by atoms with Gasteiger partial charge in [0.05, 0.1) is 37.6 Å². The maximum absolute atomic E-state index is 14.6. The molecule has 2 heterocycles. The molecule has 1 fully saturated rings. The number of halogens is 1. The van der Waals surface area contributed by atoms with Crippen LogP contribution in [0.5, 0.6) is 5.75 Å². The summed E-state index contributed by atoms with van der Waals surface area (Å²) in [6.45, 7) is 5.33. The van der Waals surface area contributed by atoms with E-state index in [1.807, 2.05) is 55.5 Å². The first-order valence-electron chi connectivity index (χ1n) is 13.9. The first-order valence-corrected chi connectivity index (χ1v) is 13.9. The van der Waals surface area contributed by atoms with E-state index in [2.05, 4.69) is 4.90 Å². The predicted molar refractivity (Wildman–Crippen MR) is 154 cm³/mol. The molecule has 0 aliphatic carbocycles. The van der Waals surface area contributed by atoms with Gasteiger partial charge in [0.1, 0.15) is 18.1 Å². The molecule has 0 N–H and O–H groups in total. The fourth-order valence-corrected chi connectivity index (χ4v) is 5.15. The van der Waals surface area contributed by atoms with Crippen molar-refractivity contribution < 1.29 is 23.5 Å². The molecule has 1 atom stereocenters. The highest BCUT2D eigenvalue weighted by molar-refractivity contribution is 6.04. The van der Waals surface area contributed by atoms with Gasteiger partial charge in [-0.3, -0.25) is 14.5 Å². The normalized spacial score (nSPS) is 17.3. The van der Waals surface area contributed by atoms with Crippen molar-refractivity contribution in [3.63, 3.8) is 0 Å². The van der Waals surface area contributed by atoms with Gasteiger partial charge in [-0.05, 0) is 36.8 Å². The van der Waals surface area contributed by atoms with Crippen molar-refractivity contribution in [1.82, 2.24) is 14.8 Å². The van der Waals surface area contributed by atoms with Gasteiger partial charge in [-0.2, -0.15) is 5.10 Å². The lowest BCUT2D eigenvalue weighted by molar-refractivity contribution is -0.133. The molecule has 0 radical (unpaired) electrons. The lowest BCUT2D eigenvalue weighted by atomic mass is 9.97. The molecule has 5 rings (SSSR count). The minimum absolute atomic E-state index is 0.0562. The minimum Gasteiger partial charge on any atom is -0.497 e. The smallest absolute Gasteiger partial charge is 0.262 e. The Bertz CT molecular complexity index is 1400. The van der Waals surface area contributed by atoms with Gasteiger partial charge in [0.15, 0.2) is 0 Å². The number of methoxy groups -OCH3 is 1. The minimum atomic E-state index is -0.613. The number of hydrazone groups is 1. The molecule has 1 saturated heterocycles. The van der Waals surface area contributed by atoms with Gasteiger partial charge in [0.2, 0.25) is 0 Å². The Kier molecular flexibility index (Phi) is 9.06. The average Bonchev–Trinajstić information content (AvgIpc) is 3.46. The third-order valence-electron chi connectivity index (χ3n) is 7.54. The second-order valence-electron chi connectivity index (χ2n) is 10.3. The van der Waals surface area contributed by atoms with Crippen molar-refractivity contribution >= 4 is 17.5 Å². The average molecular weight is 559 g/mol. The van der Waals surface area contributed by atoms with Crippen molar-refractivity contribution in [1.29, 1.82) is 0 Å². The number of benzene rings is 3. The van der Waals surface area contributed by atoms with E-state index >= 15 is 0 Å². The fraction of sp³-hybridized carbons (Fsp3) is 0.344. The van der Waals surface area contributed by atoms with Crippen molar-refractivity contribution in [2.24, 2.45) is 5.10 Å². The topological polar surface area (TPSA) is 74.7 Å². The number of nitrogens with zero attached hydrogens (tertiary/aromatic N) is 4. The van der Waals surface area contributed by atoms with Crippen LogP contribution in [0, 0.1) is 12.7 Å². The zero-order valence-corrected chi connectivity index (χ0v) is 23.5. The molecular weight excluding hydrogens is 523 g/mol. The standard InChI is InChI=1S/C32H35FN4O4/c1-23-10-12-24(13-11-23)30-21-29(25-6-5-7-26(20-25)40-2)34-37(30)31(38)22-36(15-14-35-16-18-41-19-17-35)32(39)27-8-3-4-9-28(27)33/h3-13,20,30H,14-19,21-22H2,1-2H3. The van der Waals surface area contributed by atoms with Gasteiger partial charge in [-0.25, -0.2) is 9.40 Å². The van der Waals surface area contributed by atoms with E-state index < -0.39 is 11.7 Å². The number of hydrogen-bond acceptors (Lipinski definition) is 6. The van der Waals surface area contributed by atoms with E-state index in [1.54, 1.807) is 19.2 Å². The quantitative estimate of drug-likeness (QED) is 0.392.